The molecule has 0 amide bonds. The molecule has 2 heteroatoms. The molecule has 242 valence electrons. The lowest BCUT2D eigenvalue weighted by Crippen LogP contribution is -2.11. The van der Waals surface area contributed by atoms with Gasteiger partial charge in [0.05, 0.1) is 11.4 Å². The van der Waals surface area contributed by atoms with E-state index in [4.69, 9.17) is 4.42 Å². The zero-order valence-corrected chi connectivity index (χ0v) is 28.3. The van der Waals surface area contributed by atoms with Gasteiger partial charge >= 0.3 is 0 Å². The highest BCUT2D eigenvalue weighted by Crippen LogP contribution is 2.46. The summed E-state index contributed by atoms with van der Waals surface area (Å²) in [6.45, 7) is 0. The molecular formula is C50H31NO. The summed E-state index contributed by atoms with van der Waals surface area (Å²) in [5.74, 6) is 0. The number of nitrogens with zero attached hydrogens (tertiary/aromatic N) is 1. The van der Waals surface area contributed by atoms with Crippen molar-refractivity contribution in [1.29, 1.82) is 0 Å². The lowest BCUT2D eigenvalue weighted by molar-refractivity contribution is 0.669. The first kappa shape index (κ1) is 28.9. The lowest BCUT2D eigenvalue weighted by atomic mass is 9.96. The molecule has 0 N–H and O–H groups in total. The Morgan fingerprint density at radius 1 is 0.288 bits per heavy atom. The van der Waals surface area contributed by atoms with E-state index in [0.717, 1.165) is 50.1 Å². The Kier molecular flexibility index (Phi) is 6.28. The predicted molar refractivity (Wildman–Crippen MR) is 221 cm³/mol. The number of fused-ring (bicyclic) bond motifs is 10. The van der Waals surface area contributed by atoms with Crippen molar-refractivity contribution >= 4 is 92.9 Å². The molecule has 0 atom stereocenters. The molecule has 0 aliphatic carbocycles. The second-order valence-corrected chi connectivity index (χ2v) is 13.7. The Labute approximate surface area is 300 Å². The molecule has 0 fully saturated rings. The fraction of sp³-hybridized carbons (Fsp3) is 0. The summed E-state index contributed by atoms with van der Waals surface area (Å²) < 4.78 is 6.32. The van der Waals surface area contributed by atoms with Gasteiger partial charge in [0.2, 0.25) is 0 Å². The van der Waals surface area contributed by atoms with Crippen LogP contribution in [-0.2, 0) is 0 Å². The highest BCUT2D eigenvalue weighted by Gasteiger charge is 2.21. The van der Waals surface area contributed by atoms with Crippen molar-refractivity contribution in [3.05, 3.63) is 188 Å². The van der Waals surface area contributed by atoms with Gasteiger partial charge in [-0.05, 0) is 103 Å². The zero-order chi connectivity index (χ0) is 34.2. The van der Waals surface area contributed by atoms with E-state index in [-0.39, 0.29) is 0 Å². The van der Waals surface area contributed by atoms with Crippen molar-refractivity contribution in [1.82, 2.24) is 0 Å². The van der Waals surface area contributed by atoms with Crippen LogP contribution >= 0.6 is 0 Å². The number of hydrogen-bond donors (Lipinski definition) is 0. The molecule has 0 spiro atoms. The van der Waals surface area contributed by atoms with Crippen LogP contribution in [0.4, 0.5) is 17.1 Å². The van der Waals surface area contributed by atoms with Crippen molar-refractivity contribution in [3.8, 4) is 11.1 Å². The molecule has 1 heterocycles. The maximum atomic E-state index is 6.32. The van der Waals surface area contributed by atoms with Gasteiger partial charge in [-0.2, -0.15) is 0 Å². The molecule has 2 nitrogen and oxygen atoms in total. The fourth-order valence-electron chi connectivity index (χ4n) is 8.29. The third-order valence-electron chi connectivity index (χ3n) is 10.8. The van der Waals surface area contributed by atoms with Crippen molar-refractivity contribution < 1.29 is 4.42 Å². The molecule has 11 aromatic rings. The highest BCUT2D eigenvalue weighted by atomic mass is 16.3. The summed E-state index contributed by atoms with van der Waals surface area (Å²) in [4.78, 5) is 2.46. The number of furan rings is 1. The molecule has 0 saturated carbocycles. The van der Waals surface area contributed by atoms with E-state index in [0.29, 0.717) is 0 Å². The first-order chi connectivity index (χ1) is 25.8. The minimum absolute atomic E-state index is 0.906. The van der Waals surface area contributed by atoms with Crippen LogP contribution in [0.1, 0.15) is 0 Å². The molecular weight excluding hydrogens is 631 g/mol. The molecule has 0 saturated heterocycles. The number of hydrogen-bond acceptors (Lipinski definition) is 2. The Bertz CT molecular complexity index is 3070. The van der Waals surface area contributed by atoms with E-state index in [2.05, 4.69) is 193 Å². The summed E-state index contributed by atoms with van der Waals surface area (Å²) in [5.41, 5.74) is 7.56. The van der Waals surface area contributed by atoms with Gasteiger partial charge in [-0.1, -0.05) is 140 Å². The molecule has 0 radical (unpaired) electrons. The summed E-state index contributed by atoms with van der Waals surface area (Å²) in [5, 5.41) is 14.6. The van der Waals surface area contributed by atoms with Crippen molar-refractivity contribution in [3.63, 3.8) is 0 Å². The van der Waals surface area contributed by atoms with E-state index in [1.165, 1.54) is 53.9 Å². The molecule has 10 aromatic carbocycles. The van der Waals surface area contributed by atoms with Gasteiger partial charge in [0.1, 0.15) is 11.2 Å². The quantitative estimate of drug-likeness (QED) is 0.175. The Balaban J connectivity index is 1.13. The third kappa shape index (κ3) is 4.44. The topological polar surface area (TPSA) is 16.4 Å². The average Bonchev–Trinajstić information content (AvgIpc) is 3.57. The summed E-state index contributed by atoms with van der Waals surface area (Å²) in [6.07, 6.45) is 0. The molecule has 1 aromatic heterocycles. The second-order valence-electron chi connectivity index (χ2n) is 13.7. The maximum absolute atomic E-state index is 6.32. The van der Waals surface area contributed by atoms with Gasteiger partial charge in [0, 0.05) is 27.2 Å². The van der Waals surface area contributed by atoms with Gasteiger partial charge in [-0.25, -0.2) is 0 Å². The van der Waals surface area contributed by atoms with Crippen LogP contribution in [0.5, 0.6) is 0 Å². The van der Waals surface area contributed by atoms with Crippen molar-refractivity contribution in [2.75, 3.05) is 4.90 Å². The maximum Gasteiger partial charge on any atom is 0.136 e. The summed E-state index contributed by atoms with van der Waals surface area (Å²) >= 11 is 0. The Morgan fingerprint density at radius 2 is 0.750 bits per heavy atom. The normalized spacial score (nSPS) is 11.8. The van der Waals surface area contributed by atoms with Crippen LogP contribution in [0.25, 0.3) is 86.9 Å². The minimum Gasteiger partial charge on any atom is -0.456 e. The molecule has 0 aliphatic heterocycles. The second kappa shape index (κ2) is 11.3. The van der Waals surface area contributed by atoms with Gasteiger partial charge in [-0.3, -0.25) is 0 Å². The van der Waals surface area contributed by atoms with E-state index in [9.17, 15) is 0 Å². The van der Waals surface area contributed by atoms with Crippen LogP contribution in [0, 0.1) is 0 Å². The van der Waals surface area contributed by atoms with E-state index >= 15 is 0 Å². The summed E-state index contributed by atoms with van der Waals surface area (Å²) in [7, 11) is 0. The van der Waals surface area contributed by atoms with E-state index < -0.39 is 0 Å². The van der Waals surface area contributed by atoms with Crippen LogP contribution in [-0.4, -0.2) is 0 Å². The Morgan fingerprint density at radius 3 is 1.35 bits per heavy atom. The van der Waals surface area contributed by atoms with Gasteiger partial charge in [0.15, 0.2) is 0 Å². The van der Waals surface area contributed by atoms with Crippen molar-refractivity contribution in [2.45, 2.75) is 0 Å². The predicted octanol–water partition coefficient (Wildman–Crippen LogP) is 14.5. The average molecular weight is 662 g/mol. The number of benzene rings is 10. The number of rotatable bonds is 4. The van der Waals surface area contributed by atoms with Crippen LogP contribution in [0.3, 0.4) is 0 Å². The molecule has 52 heavy (non-hydrogen) atoms. The van der Waals surface area contributed by atoms with Crippen molar-refractivity contribution in [2.24, 2.45) is 0 Å². The summed E-state index contributed by atoms with van der Waals surface area (Å²) in [6, 6.07) is 68.3. The van der Waals surface area contributed by atoms with E-state index in [1.54, 1.807) is 0 Å². The largest absolute Gasteiger partial charge is 0.456 e. The fourth-order valence-corrected chi connectivity index (χ4v) is 8.29. The van der Waals surface area contributed by atoms with Gasteiger partial charge in [-0.15, -0.1) is 0 Å². The molecule has 0 bridgehead atoms. The standard InChI is InChI=1S/C50H31NO/c1-2-12-34-31-50-46(27-33(34)11-1)45-28-35(23-26-49(45)52-50)32-21-24-38(25-22-32)51(47-29-36-13-3-5-15-39(36)41-17-7-9-19-43(41)47)48-30-37-14-4-6-16-40(37)42-18-8-10-20-44(42)48/h1-31H. The first-order valence-electron chi connectivity index (χ1n) is 17.8. The minimum atomic E-state index is 0.906. The molecule has 0 aliphatic rings. The first-order valence-corrected chi connectivity index (χ1v) is 17.8. The lowest BCUT2D eigenvalue weighted by Gasteiger charge is -2.29. The van der Waals surface area contributed by atoms with Crippen LogP contribution in [0.2, 0.25) is 0 Å². The van der Waals surface area contributed by atoms with Gasteiger partial charge < -0.3 is 9.32 Å². The van der Waals surface area contributed by atoms with E-state index in [1.807, 2.05) is 0 Å². The zero-order valence-electron chi connectivity index (χ0n) is 28.3. The van der Waals surface area contributed by atoms with Crippen LogP contribution in [0.15, 0.2) is 192 Å². The number of anilines is 3. The highest BCUT2D eigenvalue weighted by molar-refractivity contribution is 6.19. The monoisotopic (exact) mass is 661 g/mol. The molecule has 0 unspecified atom stereocenters. The van der Waals surface area contributed by atoms with Gasteiger partial charge in [0.25, 0.3) is 0 Å². The smallest absolute Gasteiger partial charge is 0.136 e. The van der Waals surface area contributed by atoms with Crippen LogP contribution < -0.4 is 4.90 Å². The molecule has 11 rings (SSSR count). The SMILES string of the molecule is c1ccc2cc3c(cc2c1)oc1ccc(-c2ccc(N(c4cc5ccccc5c5ccccc45)c4cc5ccccc5c5ccccc45)cc2)cc13. The third-order valence-corrected chi connectivity index (χ3v) is 10.8. The Hall–Kier alpha value is -6.90.